The van der Waals surface area contributed by atoms with Gasteiger partial charge in [-0.1, -0.05) is 0 Å². The average Bonchev–Trinajstić information content (AvgIpc) is 3.09. The third-order valence-corrected chi connectivity index (χ3v) is 8.35. The van der Waals surface area contributed by atoms with Gasteiger partial charge >= 0.3 is 0 Å². The fourth-order valence-electron chi connectivity index (χ4n) is 2.94. The first-order valence-electron chi connectivity index (χ1n) is 8.13. The Morgan fingerprint density at radius 2 is 1.81 bits per heavy atom. The van der Waals surface area contributed by atoms with E-state index in [0.29, 0.717) is 36.9 Å². The summed E-state index contributed by atoms with van der Waals surface area (Å²) in [7, 11) is -0.126. The van der Waals surface area contributed by atoms with Gasteiger partial charge in [-0.25, -0.2) is 8.42 Å². The van der Waals surface area contributed by atoms with Crippen LogP contribution in [-0.4, -0.2) is 58.0 Å². The van der Waals surface area contributed by atoms with Gasteiger partial charge in [0, 0.05) is 38.3 Å². The normalized spacial score (nSPS) is 16.6. The summed E-state index contributed by atoms with van der Waals surface area (Å²) in [5.41, 5.74) is 1.03. The molecule has 3 rings (SSSR count). The number of piperazine rings is 1. The van der Waals surface area contributed by atoms with Crippen molar-refractivity contribution in [2.24, 2.45) is 0 Å². The Balaban J connectivity index is 1.66. The number of rotatable bonds is 6. The van der Waals surface area contributed by atoms with Crippen LogP contribution in [0.5, 0.6) is 11.5 Å². The lowest BCUT2D eigenvalue weighted by molar-refractivity contribution is 0.180. The zero-order valence-electron chi connectivity index (χ0n) is 14.6. The zero-order chi connectivity index (χ0) is 18.7. The van der Waals surface area contributed by atoms with Crippen LogP contribution in [0.1, 0.15) is 5.56 Å². The Labute approximate surface area is 166 Å². The minimum absolute atomic E-state index is 0.382. The highest BCUT2D eigenvalue weighted by molar-refractivity contribution is 9.11. The Morgan fingerprint density at radius 1 is 1.08 bits per heavy atom. The van der Waals surface area contributed by atoms with Crippen molar-refractivity contribution >= 4 is 37.3 Å². The largest absolute Gasteiger partial charge is 0.497 e. The number of hydrogen-bond acceptors (Lipinski definition) is 6. The third-order valence-electron chi connectivity index (χ3n) is 4.36. The van der Waals surface area contributed by atoms with E-state index in [9.17, 15) is 8.42 Å². The maximum Gasteiger partial charge on any atom is 0.252 e. The molecule has 0 saturated carbocycles. The highest BCUT2D eigenvalue weighted by Gasteiger charge is 2.29. The molecule has 2 heterocycles. The lowest BCUT2D eigenvalue weighted by atomic mass is 10.1. The van der Waals surface area contributed by atoms with Crippen molar-refractivity contribution in [1.29, 1.82) is 0 Å². The molecule has 1 aliphatic rings. The van der Waals surface area contributed by atoms with E-state index in [4.69, 9.17) is 9.47 Å². The van der Waals surface area contributed by atoms with Crippen molar-refractivity contribution < 1.29 is 17.9 Å². The number of sulfonamides is 1. The van der Waals surface area contributed by atoms with Crippen LogP contribution >= 0.6 is 27.3 Å². The quantitative estimate of drug-likeness (QED) is 0.662. The monoisotopic (exact) mass is 460 g/mol. The van der Waals surface area contributed by atoms with Crippen LogP contribution in [0.2, 0.25) is 0 Å². The van der Waals surface area contributed by atoms with E-state index in [2.05, 4.69) is 20.8 Å². The second-order valence-corrected chi connectivity index (χ2v) is 10.5. The first-order valence-corrected chi connectivity index (χ1v) is 11.2. The van der Waals surface area contributed by atoms with Gasteiger partial charge in [0.2, 0.25) is 0 Å². The van der Waals surface area contributed by atoms with Crippen LogP contribution in [0, 0.1) is 0 Å². The molecule has 9 heteroatoms. The van der Waals surface area contributed by atoms with Gasteiger partial charge in [0.25, 0.3) is 10.0 Å². The average molecular weight is 461 g/mol. The van der Waals surface area contributed by atoms with Crippen LogP contribution in [-0.2, 0) is 16.6 Å². The predicted octanol–water partition coefficient (Wildman–Crippen LogP) is 3.03. The van der Waals surface area contributed by atoms with E-state index in [1.165, 1.54) is 11.3 Å². The minimum Gasteiger partial charge on any atom is -0.497 e. The van der Waals surface area contributed by atoms with Gasteiger partial charge in [0.1, 0.15) is 15.7 Å². The molecule has 0 unspecified atom stereocenters. The van der Waals surface area contributed by atoms with E-state index in [1.54, 1.807) is 30.7 Å². The number of nitrogens with zero attached hydrogens (tertiary/aromatic N) is 2. The van der Waals surface area contributed by atoms with Crippen LogP contribution in [0.15, 0.2) is 38.3 Å². The first-order chi connectivity index (χ1) is 12.4. The van der Waals surface area contributed by atoms with E-state index in [-0.39, 0.29) is 0 Å². The number of halogens is 1. The molecule has 0 atom stereocenters. The number of hydrogen-bond donors (Lipinski definition) is 0. The smallest absolute Gasteiger partial charge is 0.252 e. The van der Waals surface area contributed by atoms with Crippen LogP contribution in [0.25, 0.3) is 0 Å². The molecule has 26 heavy (non-hydrogen) atoms. The molecule has 1 aromatic carbocycles. The van der Waals surface area contributed by atoms with E-state index >= 15 is 0 Å². The molecule has 1 saturated heterocycles. The summed E-state index contributed by atoms with van der Waals surface area (Å²) >= 11 is 4.57. The van der Waals surface area contributed by atoms with Gasteiger partial charge < -0.3 is 9.47 Å². The van der Waals surface area contributed by atoms with Crippen LogP contribution in [0.4, 0.5) is 0 Å². The Hall–Kier alpha value is -1.13. The van der Waals surface area contributed by atoms with Crippen molar-refractivity contribution in [2.75, 3.05) is 40.4 Å². The van der Waals surface area contributed by atoms with Crippen molar-refractivity contribution in [3.05, 3.63) is 39.7 Å². The Bertz CT molecular complexity index is 861. The van der Waals surface area contributed by atoms with Gasteiger partial charge in [-0.2, -0.15) is 4.31 Å². The van der Waals surface area contributed by atoms with Crippen molar-refractivity contribution in [3.63, 3.8) is 0 Å². The summed E-state index contributed by atoms with van der Waals surface area (Å²) < 4.78 is 38.9. The fraction of sp³-hybridized carbons (Fsp3) is 0.412. The molecule has 1 aliphatic heterocycles. The van der Waals surface area contributed by atoms with Gasteiger partial charge in [0.15, 0.2) is 0 Å². The minimum atomic E-state index is -3.41. The Morgan fingerprint density at radius 3 is 2.38 bits per heavy atom. The molecule has 142 valence electrons. The predicted molar refractivity (Wildman–Crippen MR) is 106 cm³/mol. The summed E-state index contributed by atoms with van der Waals surface area (Å²) in [6, 6.07) is 9.14. The van der Waals surface area contributed by atoms with E-state index in [1.807, 2.05) is 18.2 Å². The molecule has 0 spiro atoms. The Kier molecular flexibility index (Phi) is 6.24. The summed E-state index contributed by atoms with van der Waals surface area (Å²) in [5.74, 6) is 1.59. The number of ether oxygens (including phenoxy) is 2. The zero-order valence-corrected chi connectivity index (χ0v) is 17.9. The maximum absolute atomic E-state index is 12.7. The lowest BCUT2D eigenvalue weighted by Gasteiger charge is -2.33. The summed E-state index contributed by atoms with van der Waals surface area (Å²) in [6.07, 6.45) is 0. The van der Waals surface area contributed by atoms with E-state index < -0.39 is 10.0 Å². The molecule has 1 aromatic heterocycles. The summed E-state index contributed by atoms with van der Waals surface area (Å²) in [4.78, 5) is 2.23. The maximum atomic E-state index is 12.7. The first kappa shape index (κ1) is 19.6. The van der Waals surface area contributed by atoms with Gasteiger partial charge in [-0.3, -0.25) is 4.90 Å². The molecule has 0 bridgehead atoms. The number of benzene rings is 1. The third kappa shape index (κ3) is 4.23. The molecule has 0 amide bonds. The molecule has 0 radical (unpaired) electrons. The second-order valence-electron chi connectivity index (χ2n) is 5.92. The molecule has 0 aliphatic carbocycles. The summed E-state index contributed by atoms with van der Waals surface area (Å²) in [6.45, 7) is 2.99. The fourth-order valence-corrected chi connectivity index (χ4v) is 6.52. The molecule has 0 N–H and O–H groups in total. The van der Waals surface area contributed by atoms with Crippen molar-refractivity contribution in [2.45, 2.75) is 10.8 Å². The molecular weight excluding hydrogens is 440 g/mol. The summed E-state index contributed by atoms with van der Waals surface area (Å²) in [5, 5.41) is 0. The molecular formula is C17H21BrN2O4S2. The standard InChI is InChI=1S/C17H21BrN2O4S2/c1-23-14-3-4-15(24-2)13(11-14)12-19-7-9-20(10-8-19)26(21,22)17-6-5-16(18)25-17/h3-6,11H,7-10,12H2,1-2H3. The number of thiophene rings is 1. The van der Waals surface area contributed by atoms with Gasteiger partial charge in [0.05, 0.1) is 18.0 Å². The SMILES string of the molecule is COc1ccc(OC)c(CN2CCN(S(=O)(=O)c3ccc(Br)s3)CC2)c1. The second kappa shape index (κ2) is 8.26. The highest BCUT2D eigenvalue weighted by Crippen LogP contribution is 2.30. The van der Waals surface area contributed by atoms with E-state index in [0.717, 1.165) is 20.8 Å². The topological polar surface area (TPSA) is 59.1 Å². The molecule has 2 aromatic rings. The van der Waals surface area contributed by atoms with Gasteiger partial charge in [-0.15, -0.1) is 11.3 Å². The van der Waals surface area contributed by atoms with Crippen molar-refractivity contribution in [3.8, 4) is 11.5 Å². The van der Waals surface area contributed by atoms with Gasteiger partial charge in [-0.05, 0) is 46.3 Å². The van der Waals surface area contributed by atoms with Crippen LogP contribution < -0.4 is 9.47 Å². The number of methoxy groups -OCH3 is 2. The van der Waals surface area contributed by atoms with Crippen molar-refractivity contribution in [1.82, 2.24) is 9.21 Å². The lowest BCUT2D eigenvalue weighted by Crippen LogP contribution is -2.48. The molecule has 6 nitrogen and oxygen atoms in total. The van der Waals surface area contributed by atoms with Crippen LogP contribution in [0.3, 0.4) is 0 Å². The molecule has 1 fully saturated rings. The highest BCUT2D eigenvalue weighted by atomic mass is 79.9.